The molecular formula is C30H34N8. The molecule has 1 aliphatic rings. The predicted molar refractivity (Wildman–Crippen MR) is 148 cm³/mol. The molecular weight excluding hydrogens is 472 g/mol. The molecule has 0 saturated heterocycles. The van der Waals surface area contributed by atoms with Gasteiger partial charge in [0.25, 0.3) is 0 Å². The predicted octanol–water partition coefficient (Wildman–Crippen LogP) is 4.89. The Morgan fingerprint density at radius 2 is 1.87 bits per heavy atom. The van der Waals surface area contributed by atoms with Crippen LogP contribution in [0.1, 0.15) is 54.8 Å². The largest absolute Gasteiger partial charge is 0.273 e. The summed E-state index contributed by atoms with van der Waals surface area (Å²) in [5, 5.41) is 14.1. The molecule has 0 radical (unpaired) electrons. The fourth-order valence-electron chi connectivity index (χ4n) is 5.33. The summed E-state index contributed by atoms with van der Waals surface area (Å²) in [6.07, 6.45) is 11.4. The van der Waals surface area contributed by atoms with Gasteiger partial charge in [0.05, 0.1) is 35.4 Å². The number of aryl methyl sites for hydroxylation is 4. The topological polar surface area (TPSA) is 79.2 Å². The highest BCUT2D eigenvalue weighted by Gasteiger charge is 2.26. The molecule has 0 fully saturated rings. The van der Waals surface area contributed by atoms with E-state index < -0.39 is 0 Å². The Balaban J connectivity index is 1.31. The van der Waals surface area contributed by atoms with Gasteiger partial charge >= 0.3 is 0 Å². The summed E-state index contributed by atoms with van der Waals surface area (Å²) in [4.78, 5) is 9.75. The summed E-state index contributed by atoms with van der Waals surface area (Å²) in [6, 6.07) is 10.8. The third kappa shape index (κ3) is 4.78. The van der Waals surface area contributed by atoms with Gasteiger partial charge in [0.2, 0.25) is 0 Å². The number of nitrogens with zero attached hydrogens (tertiary/aromatic N) is 8. The maximum absolute atomic E-state index is 5.07. The summed E-state index contributed by atoms with van der Waals surface area (Å²) in [5.74, 6) is 1.36. The molecule has 8 nitrogen and oxygen atoms in total. The van der Waals surface area contributed by atoms with Crippen molar-refractivity contribution in [2.45, 2.75) is 59.5 Å². The van der Waals surface area contributed by atoms with Gasteiger partial charge < -0.3 is 0 Å². The first kappa shape index (κ1) is 24.3. The first-order valence-corrected chi connectivity index (χ1v) is 13.5. The van der Waals surface area contributed by atoms with Crippen LogP contribution in [0.3, 0.4) is 0 Å². The Bertz CT molecular complexity index is 1590. The number of rotatable bonds is 8. The van der Waals surface area contributed by atoms with Crippen LogP contribution in [0.25, 0.3) is 22.4 Å². The second-order valence-electron chi connectivity index (χ2n) is 10.6. The summed E-state index contributed by atoms with van der Waals surface area (Å²) >= 11 is 0. The number of fused-ring (bicyclic) bond motifs is 3. The van der Waals surface area contributed by atoms with E-state index in [1.165, 1.54) is 27.9 Å². The molecule has 0 atom stereocenters. The molecule has 4 heterocycles. The summed E-state index contributed by atoms with van der Waals surface area (Å²) in [5.41, 5.74) is 10.3. The second-order valence-corrected chi connectivity index (χ2v) is 10.6. The molecule has 0 unspecified atom stereocenters. The SMILES string of the molecule is CCn1ccc(Cc2ncc3c(n2)-c2c(nn(C)c2Cc2cccc(-c4cnn(CC(C)C)c4)c2)CC3)n1. The standard InChI is InChI=1S/C30H34N8/c1-5-37-12-11-25(34-37)15-28-31-16-23-9-10-26-29(30(23)33-28)27(36(4)35-26)14-21-7-6-8-22(13-21)24-17-32-38(19-24)18-20(2)3/h6-8,11-13,16-17,19-20H,5,9-10,14-15,18H2,1-4H3. The van der Waals surface area contributed by atoms with Gasteiger partial charge in [-0.2, -0.15) is 15.3 Å². The molecule has 0 amide bonds. The molecule has 0 bridgehead atoms. The molecule has 1 aromatic carbocycles. The zero-order valence-electron chi connectivity index (χ0n) is 22.6. The lowest BCUT2D eigenvalue weighted by Crippen LogP contribution is -2.10. The van der Waals surface area contributed by atoms with Crippen LogP contribution in [0.2, 0.25) is 0 Å². The van der Waals surface area contributed by atoms with Crippen molar-refractivity contribution in [1.29, 1.82) is 0 Å². The van der Waals surface area contributed by atoms with Crippen molar-refractivity contribution in [1.82, 2.24) is 39.3 Å². The van der Waals surface area contributed by atoms with Gasteiger partial charge in [0.15, 0.2) is 0 Å². The Labute approximate surface area is 223 Å². The van der Waals surface area contributed by atoms with Gasteiger partial charge in [0, 0.05) is 56.3 Å². The molecule has 8 heteroatoms. The molecule has 4 aromatic heterocycles. The van der Waals surface area contributed by atoms with Crippen LogP contribution in [-0.4, -0.2) is 39.3 Å². The van der Waals surface area contributed by atoms with Gasteiger partial charge in [-0.1, -0.05) is 38.1 Å². The monoisotopic (exact) mass is 506 g/mol. The minimum atomic E-state index is 0.561. The van der Waals surface area contributed by atoms with Crippen LogP contribution in [0, 0.1) is 5.92 Å². The normalized spacial score (nSPS) is 12.7. The molecule has 0 spiro atoms. The van der Waals surface area contributed by atoms with E-state index in [1.54, 1.807) is 0 Å². The number of aromatic nitrogens is 8. The Morgan fingerprint density at radius 1 is 0.974 bits per heavy atom. The van der Waals surface area contributed by atoms with Gasteiger partial charge in [-0.15, -0.1) is 0 Å². The maximum atomic E-state index is 5.07. The number of hydrogen-bond donors (Lipinski definition) is 0. The Morgan fingerprint density at radius 3 is 2.68 bits per heavy atom. The van der Waals surface area contributed by atoms with Gasteiger partial charge in [-0.3, -0.25) is 14.0 Å². The third-order valence-electron chi connectivity index (χ3n) is 7.20. The van der Waals surface area contributed by atoms with Crippen molar-refractivity contribution in [2.75, 3.05) is 0 Å². The summed E-state index contributed by atoms with van der Waals surface area (Å²) in [6.45, 7) is 8.29. The van der Waals surface area contributed by atoms with E-state index in [4.69, 9.17) is 10.1 Å². The fraction of sp³-hybridized carbons (Fsp3) is 0.367. The average molecular weight is 507 g/mol. The molecule has 0 N–H and O–H groups in total. The van der Waals surface area contributed by atoms with Crippen molar-refractivity contribution < 1.29 is 0 Å². The molecule has 1 aliphatic carbocycles. The van der Waals surface area contributed by atoms with E-state index in [0.29, 0.717) is 12.3 Å². The Hall–Kier alpha value is -4.07. The van der Waals surface area contributed by atoms with Gasteiger partial charge in [-0.25, -0.2) is 9.97 Å². The van der Waals surface area contributed by atoms with Crippen LogP contribution in [-0.2, 0) is 45.8 Å². The van der Waals surface area contributed by atoms with Crippen LogP contribution in [0.5, 0.6) is 0 Å². The lowest BCUT2D eigenvalue weighted by molar-refractivity contribution is 0.483. The van der Waals surface area contributed by atoms with Crippen LogP contribution in [0.15, 0.2) is 55.1 Å². The van der Waals surface area contributed by atoms with E-state index in [-0.39, 0.29) is 0 Å². The molecule has 194 valence electrons. The maximum Gasteiger partial charge on any atom is 0.134 e. The van der Waals surface area contributed by atoms with Crippen molar-refractivity contribution in [3.63, 3.8) is 0 Å². The smallest absolute Gasteiger partial charge is 0.134 e. The van der Waals surface area contributed by atoms with Crippen molar-refractivity contribution in [2.24, 2.45) is 13.0 Å². The zero-order chi connectivity index (χ0) is 26.2. The average Bonchev–Trinajstić information content (AvgIpc) is 3.63. The van der Waals surface area contributed by atoms with Crippen LogP contribution < -0.4 is 0 Å². The fourth-order valence-corrected chi connectivity index (χ4v) is 5.33. The van der Waals surface area contributed by atoms with E-state index in [0.717, 1.165) is 60.8 Å². The van der Waals surface area contributed by atoms with Crippen LogP contribution >= 0.6 is 0 Å². The first-order chi connectivity index (χ1) is 18.5. The molecule has 0 saturated carbocycles. The highest BCUT2D eigenvalue weighted by Crippen LogP contribution is 2.35. The Kier molecular flexibility index (Phi) is 6.39. The lowest BCUT2D eigenvalue weighted by atomic mass is 9.91. The molecule has 5 aromatic rings. The van der Waals surface area contributed by atoms with Crippen LogP contribution in [0.4, 0.5) is 0 Å². The quantitative estimate of drug-likeness (QED) is 0.299. The first-order valence-electron chi connectivity index (χ1n) is 13.5. The minimum Gasteiger partial charge on any atom is -0.273 e. The van der Waals surface area contributed by atoms with Crippen molar-refractivity contribution in [3.8, 4) is 22.4 Å². The molecule has 38 heavy (non-hydrogen) atoms. The summed E-state index contributed by atoms with van der Waals surface area (Å²) < 4.78 is 6.01. The van der Waals surface area contributed by atoms with E-state index >= 15 is 0 Å². The third-order valence-corrected chi connectivity index (χ3v) is 7.20. The highest BCUT2D eigenvalue weighted by atomic mass is 15.3. The molecule has 0 aliphatic heterocycles. The van der Waals surface area contributed by atoms with Crippen molar-refractivity contribution >= 4 is 0 Å². The van der Waals surface area contributed by atoms with E-state index in [2.05, 4.69) is 66.4 Å². The van der Waals surface area contributed by atoms with Crippen molar-refractivity contribution in [3.05, 3.63) is 89.2 Å². The number of hydrogen-bond acceptors (Lipinski definition) is 5. The van der Waals surface area contributed by atoms with Gasteiger partial charge in [-0.05, 0) is 48.4 Å². The summed E-state index contributed by atoms with van der Waals surface area (Å²) in [7, 11) is 2.05. The van der Waals surface area contributed by atoms with E-state index in [9.17, 15) is 0 Å². The lowest BCUT2D eigenvalue weighted by Gasteiger charge is -2.16. The molecule has 6 rings (SSSR count). The highest BCUT2D eigenvalue weighted by molar-refractivity contribution is 5.71. The zero-order valence-corrected chi connectivity index (χ0v) is 22.6. The second kappa shape index (κ2) is 10.0. The number of benzene rings is 1. The van der Waals surface area contributed by atoms with Gasteiger partial charge in [0.1, 0.15) is 5.82 Å². The minimum absolute atomic E-state index is 0.561. The van der Waals surface area contributed by atoms with E-state index in [1.807, 2.05) is 45.7 Å².